The second-order valence-electron chi connectivity index (χ2n) is 3.84. The van der Waals surface area contributed by atoms with E-state index in [0.29, 0.717) is 5.82 Å². The van der Waals surface area contributed by atoms with Gasteiger partial charge >= 0.3 is 6.18 Å². The molecule has 96 valence electrons. The molecule has 0 aromatic carbocycles. The average Bonchev–Trinajstić information content (AvgIpc) is 2.14. The van der Waals surface area contributed by atoms with E-state index in [2.05, 4.69) is 14.7 Å². The van der Waals surface area contributed by atoms with Crippen LogP contribution < -0.4 is 4.74 Å². The lowest BCUT2D eigenvalue weighted by Gasteiger charge is -2.17. The summed E-state index contributed by atoms with van der Waals surface area (Å²) >= 11 is 5.68. The van der Waals surface area contributed by atoms with Crippen LogP contribution in [0.25, 0.3) is 0 Å². The Hall–Kier alpha value is -1.04. The number of nitrogens with zero attached hydrogens (tertiary/aromatic N) is 2. The molecule has 0 saturated carbocycles. The van der Waals surface area contributed by atoms with Crippen LogP contribution >= 0.6 is 11.6 Å². The van der Waals surface area contributed by atoms with Crippen molar-refractivity contribution in [2.45, 2.75) is 39.0 Å². The average molecular weight is 269 g/mol. The topological polar surface area (TPSA) is 35.0 Å². The van der Waals surface area contributed by atoms with Crippen molar-refractivity contribution < 1.29 is 17.9 Å². The van der Waals surface area contributed by atoms with E-state index in [-0.39, 0.29) is 17.0 Å². The lowest BCUT2D eigenvalue weighted by molar-refractivity contribution is -0.190. The molecule has 0 spiro atoms. The van der Waals surface area contributed by atoms with Crippen LogP contribution in [0.3, 0.4) is 0 Å². The first kappa shape index (κ1) is 14.0. The third-order valence-corrected chi connectivity index (χ3v) is 2.16. The minimum Gasteiger partial charge on any atom is -0.465 e. The van der Waals surface area contributed by atoms with Gasteiger partial charge in [-0.1, -0.05) is 25.4 Å². The molecular weight excluding hydrogens is 257 g/mol. The largest absolute Gasteiger partial charge is 0.465 e. The molecule has 0 fully saturated rings. The number of aromatic nitrogens is 2. The van der Waals surface area contributed by atoms with Gasteiger partial charge in [0.05, 0.1) is 0 Å². The first-order valence-corrected chi connectivity index (χ1v) is 5.35. The van der Waals surface area contributed by atoms with Gasteiger partial charge in [-0.15, -0.1) is 0 Å². The Labute approximate surface area is 102 Å². The van der Waals surface area contributed by atoms with Crippen molar-refractivity contribution in [2.75, 3.05) is 0 Å². The van der Waals surface area contributed by atoms with Gasteiger partial charge in [0.2, 0.25) is 5.88 Å². The third kappa shape index (κ3) is 4.03. The minimum atomic E-state index is -4.44. The van der Waals surface area contributed by atoms with Gasteiger partial charge in [-0.25, -0.2) is 4.98 Å². The minimum absolute atomic E-state index is 0.0442. The number of rotatable bonds is 3. The molecule has 1 aromatic heterocycles. The maximum absolute atomic E-state index is 12.3. The second-order valence-corrected chi connectivity index (χ2v) is 4.23. The SMILES string of the molecule is CC(C)c1nc(Cl)cc(OC(C)C(F)(F)F)n1. The lowest BCUT2D eigenvalue weighted by Crippen LogP contribution is -2.31. The molecule has 0 aliphatic heterocycles. The summed E-state index contributed by atoms with van der Waals surface area (Å²) in [4.78, 5) is 7.76. The van der Waals surface area contributed by atoms with E-state index in [1.807, 2.05) is 13.8 Å². The van der Waals surface area contributed by atoms with Gasteiger partial charge in [0.1, 0.15) is 11.0 Å². The van der Waals surface area contributed by atoms with Crippen LogP contribution in [0.15, 0.2) is 6.07 Å². The monoisotopic (exact) mass is 268 g/mol. The molecule has 0 N–H and O–H groups in total. The third-order valence-electron chi connectivity index (χ3n) is 1.96. The summed E-state index contributed by atoms with van der Waals surface area (Å²) in [6, 6.07) is 1.16. The molecule has 0 bridgehead atoms. The number of alkyl halides is 3. The van der Waals surface area contributed by atoms with Crippen molar-refractivity contribution in [3.63, 3.8) is 0 Å². The fourth-order valence-electron chi connectivity index (χ4n) is 0.980. The summed E-state index contributed by atoms with van der Waals surface area (Å²) in [6.45, 7) is 4.52. The number of hydrogen-bond acceptors (Lipinski definition) is 3. The smallest absolute Gasteiger partial charge is 0.425 e. The highest BCUT2D eigenvalue weighted by Gasteiger charge is 2.38. The molecule has 0 saturated heterocycles. The number of halogens is 4. The first-order chi connectivity index (χ1) is 7.70. The highest BCUT2D eigenvalue weighted by Crippen LogP contribution is 2.25. The Morgan fingerprint density at radius 1 is 1.24 bits per heavy atom. The molecule has 17 heavy (non-hydrogen) atoms. The van der Waals surface area contributed by atoms with E-state index in [4.69, 9.17) is 11.6 Å². The molecule has 7 heteroatoms. The molecule has 1 aromatic rings. The fraction of sp³-hybridized carbons (Fsp3) is 0.600. The summed E-state index contributed by atoms with van der Waals surface area (Å²) in [5, 5.41) is 0.0630. The summed E-state index contributed by atoms with van der Waals surface area (Å²) in [5.74, 6) is 0.137. The molecule has 0 aliphatic rings. The summed E-state index contributed by atoms with van der Waals surface area (Å²) in [5.41, 5.74) is 0. The Kier molecular flexibility index (Phi) is 4.19. The predicted octanol–water partition coefficient (Wildman–Crippen LogP) is 3.58. The van der Waals surface area contributed by atoms with Gasteiger partial charge < -0.3 is 4.74 Å². The molecule has 0 amide bonds. The van der Waals surface area contributed by atoms with Gasteiger partial charge in [-0.3, -0.25) is 0 Å². The van der Waals surface area contributed by atoms with Crippen molar-refractivity contribution in [3.05, 3.63) is 17.0 Å². The molecule has 1 unspecified atom stereocenters. The molecule has 3 nitrogen and oxygen atoms in total. The zero-order chi connectivity index (χ0) is 13.2. The van der Waals surface area contributed by atoms with Crippen LogP contribution in [0.1, 0.15) is 32.5 Å². The van der Waals surface area contributed by atoms with E-state index >= 15 is 0 Å². The first-order valence-electron chi connectivity index (χ1n) is 4.98. The Morgan fingerprint density at radius 2 is 1.82 bits per heavy atom. The predicted molar refractivity (Wildman–Crippen MR) is 57.3 cm³/mol. The molecule has 1 atom stereocenters. The maximum Gasteiger partial charge on any atom is 0.425 e. The van der Waals surface area contributed by atoms with E-state index < -0.39 is 12.3 Å². The van der Waals surface area contributed by atoms with E-state index in [1.54, 1.807) is 0 Å². The molecule has 0 radical (unpaired) electrons. The summed E-state index contributed by atoms with van der Waals surface area (Å²) in [6.07, 6.45) is -6.37. The van der Waals surface area contributed by atoms with Crippen molar-refractivity contribution in [3.8, 4) is 5.88 Å². The van der Waals surface area contributed by atoms with E-state index in [1.165, 1.54) is 0 Å². The maximum atomic E-state index is 12.3. The second kappa shape index (κ2) is 5.08. The molecule has 1 rings (SSSR count). The summed E-state index contributed by atoms with van der Waals surface area (Å²) < 4.78 is 41.6. The standard InChI is InChI=1S/C10H12ClF3N2O/c1-5(2)9-15-7(11)4-8(16-9)17-6(3)10(12,13)14/h4-6H,1-3H3. The van der Waals surface area contributed by atoms with Crippen LogP contribution in [0.2, 0.25) is 5.15 Å². The Bertz CT molecular complexity index is 396. The van der Waals surface area contributed by atoms with E-state index in [9.17, 15) is 13.2 Å². The normalized spacial score (nSPS) is 13.9. The Balaban J connectivity index is 2.92. The number of ether oxygens (including phenoxy) is 1. The van der Waals surface area contributed by atoms with Crippen LogP contribution in [0.5, 0.6) is 5.88 Å². The van der Waals surface area contributed by atoms with Gasteiger partial charge in [0.15, 0.2) is 6.10 Å². The van der Waals surface area contributed by atoms with Crippen molar-refractivity contribution in [2.24, 2.45) is 0 Å². The van der Waals surface area contributed by atoms with Crippen LogP contribution in [0.4, 0.5) is 13.2 Å². The lowest BCUT2D eigenvalue weighted by atomic mass is 10.2. The van der Waals surface area contributed by atoms with Crippen molar-refractivity contribution in [1.82, 2.24) is 9.97 Å². The van der Waals surface area contributed by atoms with Gasteiger partial charge in [0, 0.05) is 12.0 Å². The van der Waals surface area contributed by atoms with Gasteiger partial charge in [0.25, 0.3) is 0 Å². The van der Waals surface area contributed by atoms with Crippen LogP contribution in [-0.2, 0) is 0 Å². The quantitative estimate of drug-likeness (QED) is 0.786. The number of hydrogen-bond donors (Lipinski definition) is 0. The fourth-order valence-corrected chi connectivity index (χ4v) is 1.16. The zero-order valence-corrected chi connectivity index (χ0v) is 10.3. The Morgan fingerprint density at radius 3 is 2.29 bits per heavy atom. The van der Waals surface area contributed by atoms with Crippen molar-refractivity contribution in [1.29, 1.82) is 0 Å². The molecular formula is C10H12ClF3N2O. The molecule has 1 heterocycles. The summed E-state index contributed by atoms with van der Waals surface area (Å²) in [7, 11) is 0. The molecule has 0 aliphatic carbocycles. The van der Waals surface area contributed by atoms with Crippen molar-refractivity contribution >= 4 is 11.6 Å². The van der Waals surface area contributed by atoms with E-state index in [0.717, 1.165) is 13.0 Å². The van der Waals surface area contributed by atoms with Crippen LogP contribution in [-0.4, -0.2) is 22.2 Å². The van der Waals surface area contributed by atoms with Crippen LogP contribution in [0, 0.1) is 0 Å². The zero-order valence-electron chi connectivity index (χ0n) is 9.55. The van der Waals surface area contributed by atoms with Gasteiger partial charge in [-0.05, 0) is 6.92 Å². The highest BCUT2D eigenvalue weighted by atomic mass is 35.5. The highest BCUT2D eigenvalue weighted by molar-refractivity contribution is 6.29. The van der Waals surface area contributed by atoms with Gasteiger partial charge in [-0.2, -0.15) is 18.2 Å².